The van der Waals surface area contributed by atoms with E-state index in [0.29, 0.717) is 11.0 Å². The summed E-state index contributed by atoms with van der Waals surface area (Å²) in [7, 11) is 1.62. The lowest BCUT2D eigenvalue weighted by Crippen LogP contribution is -2.20. The number of ether oxygens (including phenoxy) is 1. The first-order valence-corrected chi connectivity index (χ1v) is 9.08. The van der Waals surface area contributed by atoms with Crippen LogP contribution in [0.25, 0.3) is 11.0 Å². The molecule has 2 aromatic heterocycles. The summed E-state index contributed by atoms with van der Waals surface area (Å²) in [6.45, 7) is 2.12. The van der Waals surface area contributed by atoms with Gasteiger partial charge in [0.05, 0.1) is 11.0 Å². The number of anilines is 1. The van der Waals surface area contributed by atoms with Gasteiger partial charge in [0.25, 0.3) is 0 Å². The number of amides is 1. The fraction of sp³-hybridized carbons (Fsp3) is 0.412. The molecule has 1 aliphatic carbocycles. The average molecular weight is 357 g/mol. The van der Waals surface area contributed by atoms with E-state index in [1.54, 1.807) is 7.11 Å². The number of benzene rings is 1. The first-order chi connectivity index (χ1) is 12.2. The highest BCUT2D eigenvalue weighted by Gasteiger charge is 2.30. The van der Waals surface area contributed by atoms with Gasteiger partial charge < -0.3 is 9.30 Å². The van der Waals surface area contributed by atoms with Crippen molar-refractivity contribution >= 4 is 33.4 Å². The monoisotopic (exact) mass is 357 g/mol. The van der Waals surface area contributed by atoms with Gasteiger partial charge >= 0.3 is 0 Å². The topological polar surface area (TPSA) is 81.9 Å². The zero-order chi connectivity index (χ0) is 17.4. The Balaban J connectivity index is 1.54. The van der Waals surface area contributed by atoms with Crippen molar-refractivity contribution in [3.05, 3.63) is 35.1 Å². The summed E-state index contributed by atoms with van der Waals surface area (Å²) < 4.78 is 7.24. The molecule has 1 aromatic carbocycles. The van der Waals surface area contributed by atoms with Crippen molar-refractivity contribution in [2.75, 3.05) is 12.4 Å². The number of hydrogen-bond acceptors (Lipinski definition) is 6. The summed E-state index contributed by atoms with van der Waals surface area (Å²) in [5, 5.41) is 12.1. The van der Waals surface area contributed by atoms with Gasteiger partial charge in [-0.05, 0) is 31.9 Å². The molecule has 1 amide bonds. The molecule has 8 heteroatoms. The van der Waals surface area contributed by atoms with Crippen LogP contribution in [0.15, 0.2) is 24.3 Å². The Labute approximate surface area is 149 Å². The maximum Gasteiger partial charge on any atom is 0.246 e. The van der Waals surface area contributed by atoms with Crippen LogP contribution >= 0.6 is 11.3 Å². The highest BCUT2D eigenvalue weighted by molar-refractivity contribution is 7.15. The highest BCUT2D eigenvalue weighted by Crippen LogP contribution is 2.40. The molecule has 1 aliphatic rings. The van der Waals surface area contributed by atoms with Gasteiger partial charge in [0, 0.05) is 13.0 Å². The highest BCUT2D eigenvalue weighted by atomic mass is 32.1. The Morgan fingerprint density at radius 1 is 1.40 bits per heavy atom. The fourth-order valence-corrected chi connectivity index (χ4v) is 3.55. The molecular weight excluding hydrogens is 338 g/mol. The lowest BCUT2D eigenvalue weighted by molar-refractivity contribution is -0.116. The van der Waals surface area contributed by atoms with Crippen LogP contribution in [-0.2, 0) is 16.1 Å². The van der Waals surface area contributed by atoms with E-state index in [1.165, 1.54) is 11.3 Å². The van der Waals surface area contributed by atoms with E-state index >= 15 is 0 Å². The van der Waals surface area contributed by atoms with E-state index in [-0.39, 0.29) is 18.6 Å². The van der Waals surface area contributed by atoms with Crippen LogP contribution in [0.4, 0.5) is 5.13 Å². The number of nitrogens with zero attached hydrogens (tertiary/aromatic N) is 4. The van der Waals surface area contributed by atoms with Crippen LogP contribution in [0.3, 0.4) is 0 Å². The fourth-order valence-electron chi connectivity index (χ4n) is 2.77. The molecule has 0 spiro atoms. The lowest BCUT2D eigenvalue weighted by Gasteiger charge is -2.08. The minimum atomic E-state index is -0.137. The molecule has 1 unspecified atom stereocenters. The van der Waals surface area contributed by atoms with Gasteiger partial charge in [0.2, 0.25) is 11.0 Å². The second-order valence-electron chi connectivity index (χ2n) is 6.19. The van der Waals surface area contributed by atoms with Crippen LogP contribution < -0.4 is 5.32 Å². The second kappa shape index (κ2) is 6.53. The molecule has 0 bridgehead atoms. The van der Waals surface area contributed by atoms with Crippen molar-refractivity contribution in [2.45, 2.75) is 38.3 Å². The van der Waals surface area contributed by atoms with Crippen LogP contribution in [-0.4, -0.2) is 32.8 Å². The molecule has 1 N–H and O–H groups in total. The van der Waals surface area contributed by atoms with Gasteiger partial charge in [-0.1, -0.05) is 23.5 Å². The van der Waals surface area contributed by atoms with Crippen molar-refractivity contribution in [2.24, 2.45) is 0 Å². The van der Waals surface area contributed by atoms with E-state index in [0.717, 1.165) is 34.7 Å². The van der Waals surface area contributed by atoms with Gasteiger partial charge in [0.1, 0.15) is 23.5 Å². The number of rotatable bonds is 6. The zero-order valence-corrected chi connectivity index (χ0v) is 14.9. The molecule has 4 rings (SSSR count). The molecule has 1 atom stereocenters. The Kier molecular flexibility index (Phi) is 4.22. The summed E-state index contributed by atoms with van der Waals surface area (Å²) >= 11 is 1.33. The maximum absolute atomic E-state index is 12.5. The number of hydrogen-bond donors (Lipinski definition) is 1. The van der Waals surface area contributed by atoms with E-state index in [9.17, 15) is 4.79 Å². The normalized spacial score (nSPS) is 15.4. The molecule has 25 heavy (non-hydrogen) atoms. The number of fused-ring (bicyclic) bond motifs is 1. The Hall–Kier alpha value is -2.32. The molecule has 0 saturated heterocycles. The van der Waals surface area contributed by atoms with Gasteiger partial charge in [-0.25, -0.2) is 4.98 Å². The number of nitrogens with one attached hydrogen (secondary N) is 1. The summed E-state index contributed by atoms with van der Waals surface area (Å²) in [4.78, 5) is 17.2. The van der Waals surface area contributed by atoms with Crippen molar-refractivity contribution < 1.29 is 9.53 Å². The van der Waals surface area contributed by atoms with Gasteiger partial charge in [-0.15, -0.1) is 10.2 Å². The largest absolute Gasteiger partial charge is 0.374 e. The molecular formula is C17H19N5O2S. The maximum atomic E-state index is 12.5. The minimum Gasteiger partial charge on any atom is -0.374 e. The van der Waals surface area contributed by atoms with E-state index in [2.05, 4.69) is 15.5 Å². The molecule has 130 valence electrons. The molecule has 1 saturated carbocycles. The lowest BCUT2D eigenvalue weighted by atomic mass is 10.3. The molecule has 7 nitrogen and oxygen atoms in total. The van der Waals surface area contributed by atoms with Crippen LogP contribution in [0.2, 0.25) is 0 Å². The molecule has 1 fully saturated rings. The van der Waals surface area contributed by atoms with Crippen LogP contribution in [0.1, 0.15) is 42.6 Å². The van der Waals surface area contributed by atoms with Gasteiger partial charge in [0.15, 0.2) is 0 Å². The predicted molar refractivity (Wildman–Crippen MR) is 95.7 cm³/mol. The van der Waals surface area contributed by atoms with E-state index < -0.39 is 0 Å². The zero-order valence-electron chi connectivity index (χ0n) is 14.1. The number of imidazole rings is 1. The first-order valence-electron chi connectivity index (χ1n) is 8.27. The summed E-state index contributed by atoms with van der Waals surface area (Å²) in [5.74, 6) is 1.34. The average Bonchev–Trinajstić information content (AvgIpc) is 3.26. The Bertz CT molecular complexity index is 915. The first kappa shape index (κ1) is 16.2. The molecule has 2 heterocycles. The third-order valence-corrected chi connectivity index (χ3v) is 5.32. The van der Waals surface area contributed by atoms with Crippen LogP contribution in [0.5, 0.6) is 0 Å². The van der Waals surface area contributed by atoms with Crippen LogP contribution in [0, 0.1) is 0 Å². The second-order valence-corrected chi connectivity index (χ2v) is 7.20. The van der Waals surface area contributed by atoms with Gasteiger partial charge in [-0.2, -0.15) is 0 Å². The number of carbonyl (C=O) groups excluding carboxylic acids is 1. The van der Waals surface area contributed by atoms with Gasteiger partial charge in [-0.3, -0.25) is 10.1 Å². The quantitative estimate of drug-likeness (QED) is 0.733. The number of methoxy groups -OCH3 is 1. The Morgan fingerprint density at radius 2 is 2.20 bits per heavy atom. The third kappa shape index (κ3) is 3.27. The van der Waals surface area contributed by atoms with Crippen molar-refractivity contribution in [3.63, 3.8) is 0 Å². The standard InChI is InChI=1S/C17H19N5O2S/c1-10(24-2)16-20-21-17(25-16)19-14(23)9-22-13-6-4-3-5-12(13)18-15(22)11-7-8-11/h3-6,10-11H,7-9H2,1-2H3,(H,19,21,23). The Morgan fingerprint density at radius 3 is 2.96 bits per heavy atom. The molecule has 0 radical (unpaired) electrons. The van der Waals surface area contributed by atoms with Crippen molar-refractivity contribution in [1.82, 2.24) is 19.7 Å². The smallest absolute Gasteiger partial charge is 0.246 e. The van der Waals surface area contributed by atoms with Crippen molar-refractivity contribution in [3.8, 4) is 0 Å². The van der Waals surface area contributed by atoms with Crippen molar-refractivity contribution in [1.29, 1.82) is 0 Å². The van der Waals surface area contributed by atoms with E-state index in [1.807, 2.05) is 35.8 Å². The molecule has 0 aliphatic heterocycles. The predicted octanol–water partition coefficient (Wildman–Crippen LogP) is 3.11. The molecule has 3 aromatic rings. The summed E-state index contributed by atoms with van der Waals surface area (Å²) in [6, 6.07) is 7.93. The minimum absolute atomic E-state index is 0.127. The summed E-state index contributed by atoms with van der Waals surface area (Å²) in [5.41, 5.74) is 1.93. The SMILES string of the molecule is COC(C)c1nnc(NC(=O)Cn2c(C3CC3)nc3ccccc32)s1. The summed E-state index contributed by atoms with van der Waals surface area (Å²) in [6.07, 6.45) is 2.14. The number of para-hydroxylation sites is 2. The third-order valence-electron chi connectivity index (χ3n) is 4.32. The van der Waals surface area contributed by atoms with E-state index in [4.69, 9.17) is 9.72 Å². The number of carbonyl (C=O) groups is 1. The number of aromatic nitrogens is 4.